The number of carbonyl (C=O) groups is 3. The Morgan fingerprint density at radius 1 is 1.10 bits per heavy atom. The van der Waals surface area contributed by atoms with E-state index in [-0.39, 0.29) is 37.6 Å². The van der Waals surface area contributed by atoms with Crippen molar-refractivity contribution in [3.63, 3.8) is 0 Å². The number of benzene rings is 1. The first-order chi connectivity index (χ1) is 9.90. The maximum atomic E-state index is 13.2. The van der Waals surface area contributed by atoms with E-state index in [1.807, 2.05) is 0 Å². The number of hydrogen-bond donors (Lipinski definition) is 1. The van der Waals surface area contributed by atoms with Crippen molar-refractivity contribution >= 4 is 33.7 Å². The van der Waals surface area contributed by atoms with Gasteiger partial charge in [-0.05, 0) is 34.1 Å². The third-order valence-corrected chi connectivity index (χ3v) is 3.92. The number of hydrogen-bond acceptors (Lipinski definition) is 3. The third kappa shape index (κ3) is 3.38. The molecule has 0 bridgehead atoms. The molecule has 112 valence electrons. The topological polar surface area (TPSA) is 83.7 Å². The van der Waals surface area contributed by atoms with Crippen LogP contribution in [-0.2, 0) is 9.59 Å². The molecule has 1 aromatic rings. The number of piperazine rings is 1. The summed E-state index contributed by atoms with van der Waals surface area (Å²) in [5, 5.41) is 0. The number of nitrogens with two attached hydrogens (primary N) is 1. The molecule has 0 aliphatic carbocycles. The van der Waals surface area contributed by atoms with Crippen LogP contribution < -0.4 is 5.73 Å². The molecule has 0 spiro atoms. The summed E-state index contributed by atoms with van der Waals surface area (Å²) in [6, 6.07) is 3.88. The van der Waals surface area contributed by atoms with Crippen molar-refractivity contribution in [2.75, 3.05) is 26.2 Å². The summed E-state index contributed by atoms with van der Waals surface area (Å²) in [7, 11) is 0. The van der Waals surface area contributed by atoms with Gasteiger partial charge in [-0.2, -0.15) is 0 Å². The number of primary amides is 1. The molecular formula is C13H13BrFN3O3. The zero-order chi connectivity index (χ0) is 15.6. The molecule has 0 atom stereocenters. The molecule has 1 aliphatic heterocycles. The average molecular weight is 358 g/mol. The Morgan fingerprint density at radius 3 is 2.24 bits per heavy atom. The van der Waals surface area contributed by atoms with Crippen LogP contribution in [0.5, 0.6) is 0 Å². The van der Waals surface area contributed by atoms with E-state index in [9.17, 15) is 18.8 Å². The Balaban J connectivity index is 2.05. The fourth-order valence-corrected chi connectivity index (χ4v) is 2.52. The number of halogens is 2. The van der Waals surface area contributed by atoms with Gasteiger partial charge in [0, 0.05) is 30.7 Å². The number of amides is 3. The Labute approximate surface area is 128 Å². The summed E-state index contributed by atoms with van der Waals surface area (Å²) in [5.41, 5.74) is 5.16. The largest absolute Gasteiger partial charge is 0.361 e. The van der Waals surface area contributed by atoms with Crippen LogP contribution in [0.2, 0.25) is 0 Å². The highest BCUT2D eigenvalue weighted by Crippen LogP contribution is 2.20. The molecule has 0 unspecified atom stereocenters. The first-order valence-electron chi connectivity index (χ1n) is 6.23. The van der Waals surface area contributed by atoms with Gasteiger partial charge < -0.3 is 15.5 Å². The lowest BCUT2D eigenvalue weighted by Gasteiger charge is -2.34. The van der Waals surface area contributed by atoms with Crippen molar-refractivity contribution in [3.8, 4) is 0 Å². The minimum atomic E-state index is -1.01. The van der Waals surface area contributed by atoms with Crippen molar-refractivity contribution in [2.45, 2.75) is 0 Å². The monoisotopic (exact) mass is 357 g/mol. The van der Waals surface area contributed by atoms with Crippen LogP contribution in [0.1, 0.15) is 10.4 Å². The highest BCUT2D eigenvalue weighted by Gasteiger charge is 2.27. The molecule has 6 nitrogen and oxygen atoms in total. The molecule has 2 rings (SSSR count). The van der Waals surface area contributed by atoms with Crippen LogP contribution in [0.25, 0.3) is 0 Å². The summed E-state index contributed by atoms with van der Waals surface area (Å²) >= 11 is 3.21. The lowest BCUT2D eigenvalue weighted by molar-refractivity contribution is -0.145. The smallest absolute Gasteiger partial charge is 0.311 e. The maximum Gasteiger partial charge on any atom is 0.311 e. The van der Waals surface area contributed by atoms with Crippen LogP contribution in [0.15, 0.2) is 22.7 Å². The minimum absolute atomic E-state index is 0.223. The van der Waals surface area contributed by atoms with Gasteiger partial charge in [0.2, 0.25) is 0 Å². The summed E-state index contributed by atoms with van der Waals surface area (Å²) in [6.07, 6.45) is 0. The van der Waals surface area contributed by atoms with Crippen molar-refractivity contribution in [1.29, 1.82) is 0 Å². The summed E-state index contributed by atoms with van der Waals surface area (Å²) in [4.78, 5) is 37.4. The predicted molar refractivity (Wildman–Crippen MR) is 75.8 cm³/mol. The first kappa shape index (κ1) is 15.4. The van der Waals surface area contributed by atoms with Gasteiger partial charge in [0.1, 0.15) is 5.82 Å². The van der Waals surface area contributed by atoms with E-state index in [1.54, 1.807) is 0 Å². The maximum absolute atomic E-state index is 13.2. The molecule has 1 saturated heterocycles. The highest BCUT2D eigenvalue weighted by molar-refractivity contribution is 9.10. The Hall–Kier alpha value is -1.96. The molecule has 2 N–H and O–H groups in total. The Morgan fingerprint density at radius 2 is 1.67 bits per heavy atom. The third-order valence-electron chi connectivity index (χ3n) is 3.22. The normalized spacial score (nSPS) is 15.0. The molecule has 0 aromatic heterocycles. The van der Waals surface area contributed by atoms with Gasteiger partial charge in [-0.3, -0.25) is 14.4 Å². The van der Waals surface area contributed by atoms with E-state index in [0.29, 0.717) is 4.47 Å². The van der Waals surface area contributed by atoms with Crippen molar-refractivity contribution in [3.05, 3.63) is 34.1 Å². The van der Waals surface area contributed by atoms with Gasteiger partial charge in [-0.25, -0.2) is 4.39 Å². The van der Waals surface area contributed by atoms with Gasteiger partial charge in [0.25, 0.3) is 5.91 Å². The van der Waals surface area contributed by atoms with Crippen molar-refractivity contribution < 1.29 is 18.8 Å². The van der Waals surface area contributed by atoms with Crippen molar-refractivity contribution in [1.82, 2.24) is 9.80 Å². The van der Waals surface area contributed by atoms with Crippen LogP contribution in [-0.4, -0.2) is 53.7 Å². The lowest BCUT2D eigenvalue weighted by atomic mass is 10.1. The van der Waals surface area contributed by atoms with E-state index < -0.39 is 17.6 Å². The minimum Gasteiger partial charge on any atom is -0.361 e. The number of rotatable bonds is 1. The molecule has 0 radical (unpaired) electrons. The van der Waals surface area contributed by atoms with Crippen LogP contribution in [0.3, 0.4) is 0 Å². The molecule has 1 fully saturated rings. The second-order valence-corrected chi connectivity index (χ2v) is 5.43. The number of nitrogens with zero attached hydrogens (tertiary/aromatic N) is 2. The fourth-order valence-electron chi connectivity index (χ4n) is 2.10. The Kier molecular flexibility index (Phi) is 4.56. The summed E-state index contributed by atoms with van der Waals surface area (Å²) < 4.78 is 13.7. The van der Waals surface area contributed by atoms with E-state index in [4.69, 9.17) is 5.73 Å². The molecule has 8 heteroatoms. The first-order valence-corrected chi connectivity index (χ1v) is 7.02. The molecular weight excluding hydrogens is 345 g/mol. The van der Waals surface area contributed by atoms with E-state index >= 15 is 0 Å². The van der Waals surface area contributed by atoms with E-state index in [0.717, 1.165) is 6.07 Å². The second kappa shape index (κ2) is 6.21. The summed E-state index contributed by atoms with van der Waals surface area (Å²) in [6.45, 7) is 0.975. The van der Waals surface area contributed by atoms with Crippen LogP contribution in [0, 0.1) is 5.82 Å². The molecule has 21 heavy (non-hydrogen) atoms. The molecule has 3 amide bonds. The van der Waals surface area contributed by atoms with Gasteiger partial charge in [0.15, 0.2) is 0 Å². The molecule has 1 aliphatic rings. The zero-order valence-electron chi connectivity index (χ0n) is 11.0. The average Bonchev–Trinajstić information content (AvgIpc) is 2.48. The van der Waals surface area contributed by atoms with Gasteiger partial charge >= 0.3 is 11.8 Å². The van der Waals surface area contributed by atoms with E-state index in [1.165, 1.54) is 21.9 Å². The fraction of sp³-hybridized carbons (Fsp3) is 0.308. The number of carbonyl (C=O) groups excluding carboxylic acids is 3. The highest BCUT2D eigenvalue weighted by atomic mass is 79.9. The SMILES string of the molecule is NC(=O)C(=O)N1CCN(C(=O)c2cc(F)ccc2Br)CC1. The van der Waals surface area contributed by atoms with Gasteiger partial charge in [-0.15, -0.1) is 0 Å². The molecule has 0 saturated carbocycles. The molecule has 1 heterocycles. The zero-order valence-corrected chi connectivity index (χ0v) is 12.6. The molecule has 1 aromatic carbocycles. The second-order valence-electron chi connectivity index (χ2n) is 4.57. The van der Waals surface area contributed by atoms with E-state index in [2.05, 4.69) is 15.9 Å². The quantitative estimate of drug-likeness (QED) is 0.736. The van der Waals surface area contributed by atoms with Crippen LogP contribution in [0.4, 0.5) is 4.39 Å². The standard InChI is InChI=1S/C13H13BrFN3O3/c14-10-2-1-8(15)7-9(10)12(20)17-3-5-18(6-4-17)13(21)11(16)19/h1-2,7H,3-6H2,(H2,16,19). The van der Waals surface area contributed by atoms with Crippen LogP contribution >= 0.6 is 15.9 Å². The van der Waals surface area contributed by atoms with Gasteiger partial charge in [0.05, 0.1) is 5.56 Å². The van der Waals surface area contributed by atoms with Crippen molar-refractivity contribution in [2.24, 2.45) is 5.73 Å². The predicted octanol–water partition coefficient (Wildman–Crippen LogP) is 0.358. The lowest BCUT2D eigenvalue weighted by Crippen LogP contribution is -2.53. The summed E-state index contributed by atoms with van der Waals surface area (Å²) in [5.74, 6) is -2.59. The van der Waals surface area contributed by atoms with Gasteiger partial charge in [-0.1, -0.05) is 0 Å². The Bertz CT molecular complexity index is 600.